The van der Waals surface area contributed by atoms with Gasteiger partial charge in [-0.1, -0.05) is 0 Å². The van der Waals surface area contributed by atoms with Crippen molar-refractivity contribution < 1.29 is 23.4 Å². The molecule has 0 bridgehead atoms. The number of benzene rings is 2. The molecule has 0 radical (unpaired) electrons. The van der Waals surface area contributed by atoms with Crippen LogP contribution in [0.1, 0.15) is 16.7 Å². The van der Waals surface area contributed by atoms with Gasteiger partial charge in [0.25, 0.3) is 0 Å². The number of ether oxygens (including phenoxy) is 3. The fourth-order valence-corrected chi connectivity index (χ4v) is 3.34. The summed E-state index contributed by atoms with van der Waals surface area (Å²) in [5.41, 5.74) is 2.31. The number of aryl methyl sites for hydroxylation is 2. The lowest BCUT2D eigenvalue weighted by Gasteiger charge is -2.12. The molecule has 7 nitrogen and oxygen atoms in total. The molecule has 1 aromatic heterocycles. The second kappa shape index (κ2) is 6.92. The number of amides is 1. The molecule has 4 rings (SSSR count). The second-order valence-corrected chi connectivity index (χ2v) is 6.56. The number of fused-ring (bicyclic) bond motifs is 2. The molecule has 0 unspecified atom stereocenters. The van der Waals surface area contributed by atoms with E-state index in [1.165, 1.54) is 0 Å². The number of hydrogen-bond donors (Lipinski definition) is 1. The van der Waals surface area contributed by atoms with Crippen LogP contribution in [-0.2, 0) is 11.2 Å². The maximum Gasteiger partial charge on any atom is 0.340 e. The molecule has 0 saturated carbocycles. The van der Waals surface area contributed by atoms with Crippen molar-refractivity contribution in [2.75, 3.05) is 19.2 Å². The lowest BCUT2D eigenvalue weighted by Crippen LogP contribution is -2.20. The summed E-state index contributed by atoms with van der Waals surface area (Å²) in [5.74, 6) is 1.53. The summed E-state index contributed by atoms with van der Waals surface area (Å²) in [5, 5.41) is 3.56. The number of anilines is 1. The quantitative estimate of drug-likeness (QED) is 0.698. The Morgan fingerprint density at radius 3 is 2.68 bits per heavy atom. The first-order valence-electron chi connectivity index (χ1n) is 8.77. The first-order valence-corrected chi connectivity index (χ1v) is 8.77. The molecule has 2 heterocycles. The first kappa shape index (κ1) is 17.9. The highest BCUT2D eigenvalue weighted by Crippen LogP contribution is 2.34. The minimum absolute atomic E-state index is 0.0936. The van der Waals surface area contributed by atoms with Crippen molar-refractivity contribution in [3.05, 3.63) is 57.4 Å². The molecule has 1 aliphatic rings. The zero-order valence-corrected chi connectivity index (χ0v) is 15.8. The van der Waals surface area contributed by atoms with E-state index in [0.717, 1.165) is 16.5 Å². The average Bonchev–Trinajstić information content (AvgIpc) is 3.14. The molecule has 0 aliphatic carbocycles. The zero-order chi connectivity index (χ0) is 19.8. The van der Waals surface area contributed by atoms with Gasteiger partial charge in [0.1, 0.15) is 11.3 Å². The largest absolute Gasteiger partial charge is 0.496 e. The van der Waals surface area contributed by atoms with Crippen molar-refractivity contribution in [1.29, 1.82) is 0 Å². The summed E-state index contributed by atoms with van der Waals surface area (Å²) in [6, 6.07) is 8.78. The van der Waals surface area contributed by atoms with Crippen molar-refractivity contribution in [1.82, 2.24) is 0 Å². The summed E-state index contributed by atoms with van der Waals surface area (Å²) in [7, 11) is 1.56. The molecule has 28 heavy (non-hydrogen) atoms. The molecule has 0 spiro atoms. The number of nitrogens with one attached hydrogen (secondary N) is 1. The van der Waals surface area contributed by atoms with Gasteiger partial charge in [0.15, 0.2) is 11.5 Å². The van der Waals surface area contributed by atoms with Gasteiger partial charge in [-0.3, -0.25) is 4.79 Å². The van der Waals surface area contributed by atoms with E-state index >= 15 is 0 Å². The molecule has 3 aromatic rings. The van der Waals surface area contributed by atoms with E-state index < -0.39 is 5.63 Å². The lowest BCUT2D eigenvalue weighted by atomic mass is 10.0. The first-order chi connectivity index (χ1) is 13.5. The molecule has 0 saturated heterocycles. The van der Waals surface area contributed by atoms with Gasteiger partial charge in [0, 0.05) is 22.7 Å². The van der Waals surface area contributed by atoms with Crippen LogP contribution >= 0.6 is 0 Å². The SMILES string of the molecule is COc1ccc2c(C)c(CC(=O)Nc3ccc4c(c3)OCO4)c(=O)oc2c1C. The molecule has 2 aromatic carbocycles. The summed E-state index contributed by atoms with van der Waals surface area (Å²) in [6.07, 6.45) is -0.0936. The Balaban J connectivity index is 1.62. The molecular weight excluding hydrogens is 362 g/mol. The second-order valence-electron chi connectivity index (χ2n) is 6.56. The van der Waals surface area contributed by atoms with Gasteiger partial charge in [-0.25, -0.2) is 4.79 Å². The van der Waals surface area contributed by atoms with Crippen molar-refractivity contribution in [3.8, 4) is 17.2 Å². The van der Waals surface area contributed by atoms with Crippen LogP contribution in [0.3, 0.4) is 0 Å². The molecule has 1 aliphatic heterocycles. The van der Waals surface area contributed by atoms with Crippen LogP contribution in [0.4, 0.5) is 5.69 Å². The Hall–Kier alpha value is -3.48. The van der Waals surface area contributed by atoms with Crippen LogP contribution in [0.15, 0.2) is 39.5 Å². The number of hydrogen-bond acceptors (Lipinski definition) is 6. The summed E-state index contributed by atoms with van der Waals surface area (Å²) in [4.78, 5) is 25.0. The minimum atomic E-state index is -0.526. The third-order valence-corrected chi connectivity index (χ3v) is 4.87. The van der Waals surface area contributed by atoms with Gasteiger partial charge in [-0.2, -0.15) is 0 Å². The van der Waals surface area contributed by atoms with Gasteiger partial charge in [0.05, 0.1) is 19.1 Å². The van der Waals surface area contributed by atoms with E-state index in [4.69, 9.17) is 18.6 Å². The Morgan fingerprint density at radius 1 is 1.11 bits per heavy atom. The van der Waals surface area contributed by atoms with Crippen LogP contribution in [0, 0.1) is 13.8 Å². The maximum atomic E-state index is 12.5. The molecule has 7 heteroatoms. The lowest BCUT2D eigenvalue weighted by molar-refractivity contribution is -0.115. The van der Waals surface area contributed by atoms with Crippen LogP contribution in [-0.4, -0.2) is 19.8 Å². The van der Waals surface area contributed by atoms with E-state index in [2.05, 4.69) is 5.32 Å². The highest BCUT2D eigenvalue weighted by atomic mass is 16.7. The highest BCUT2D eigenvalue weighted by Gasteiger charge is 2.18. The molecule has 1 N–H and O–H groups in total. The monoisotopic (exact) mass is 381 g/mol. The Morgan fingerprint density at radius 2 is 1.89 bits per heavy atom. The standard InChI is InChI=1S/C21H19NO6/c1-11-14-5-7-16(25-3)12(2)20(14)28-21(24)15(11)9-19(23)22-13-4-6-17-18(8-13)27-10-26-17/h4-8H,9-10H2,1-3H3,(H,22,23). The maximum absolute atomic E-state index is 12.5. The number of carbonyl (C=O) groups excluding carboxylic acids is 1. The zero-order valence-electron chi connectivity index (χ0n) is 15.8. The number of rotatable bonds is 4. The fourth-order valence-electron chi connectivity index (χ4n) is 3.34. The van der Waals surface area contributed by atoms with Gasteiger partial charge in [-0.05, 0) is 43.7 Å². The van der Waals surface area contributed by atoms with Crippen LogP contribution in [0.25, 0.3) is 11.0 Å². The predicted octanol–water partition coefficient (Wildman–Crippen LogP) is 3.33. The number of carbonyl (C=O) groups is 1. The Bertz CT molecular complexity index is 1150. The molecular formula is C21H19NO6. The molecule has 0 fully saturated rings. The van der Waals surface area contributed by atoms with E-state index in [1.54, 1.807) is 25.3 Å². The van der Waals surface area contributed by atoms with Gasteiger partial charge < -0.3 is 23.9 Å². The van der Waals surface area contributed by atoms with Crippen LogP contribution in [0.2, 0.25) is 0 Å². The Labute approximate surface area is 160 Å². The smallest absolute Gasteiger partial charge is 0.340 e. The van der Waals surface area contributed by atoms with E-state index in [-0.39, 0.29) is 19.1 Å². The molecule has 0 atom stereocenters. The summed E-state index contributed by atoms with van der Waals surface area (Å²) < 4.78 is 21.3. The van der Waals surface area contributed by atoms with Gasteiger partial charge >= 0.3 is 5.63 Å². The third kappa shape index (κ3) is 3.05. The predicted molar refractivity (Wildman–Crippen MR) is 103 cm³/mol. The molecule has 144 valence electrons. The van der Waals surface area contributed by atoms with Gasteiger partial charge in [0.2, 0.25) is 12.7 Å². The normalized spacial score (nSPS) is 12.2. The van der Waals surface area contributed by atoms with Crippen LogP contribution in [0.5, 0.6) is 17.2 Å². The van der Waals surface area contributed by atoms with E-state index in [1.807, 2.05) is 26.0 Å². The van der Waals surface area contributed by atoms with Crippen molar-refractivity contribution in [3.63, 3.8) is 0 Å². The van der Waals surface area contributed by atoms with Crippen molar-refractivity contribution in [2.45, 2.75) is 20.3 Å². The number of methoxy groups -OCH3 is 1. The summed E-state index contributed by atoms with van der Waals surface area (Å²) in [6.45, 7) is 3.80. The minimum Gasteiger partial charge on any atom is -0.496 e. The summed E-state index contributed by atoms with van der Waals surface area (Å²) >= 11 is 0. The highest BCUT2D eigenvalue weighted by molar-refractivity contribution is 5.94. The van der Waals surface area contributed by atoms with Crippen LogP contribution < -0.4 is 25.2 Å². The van der Waals surface area contributed by atoms with E-state index in [9.17, 15) is 9.59 Å². The molecule has 1 amide bonds. The van der Waals surface area contributed by atoms with E-state index in [0.29, 0.717) is 34.1 Å². The topological polar surface area (TPSA) is 87.0 Å². The van der Waals surface area contributed by atoms with Crippen molar-refractivity contribution in [2.24, 2.45) is 0 Å². The average molecular weight is 381 g/mol. The van der Waals surface area contributed by atoms with Crippen molar-refractivity contribution >= 4 is 22.6 Å². The van der Waals surface area contributed by atoms with Gasteiger partial charge in [-0.15, -0.1) is 0 Å². The Kier molecular flexibility index (Phi) is 4.43. The fraction of sp³-hybridized carbons (Fsp3) is 0.238. The third-order valence-electron chi connectivity index (χ3n) is 4.87.